The molecule has 0 spiro atoms. The van der Waals surface area contributed by atoms with Gasteiger partial charge >= 0.3 is 5.97 Å². The fraction of sp³-hybridized carbons (Fsp3) is 0.280. The Morgan fingerprint density at radius 1 is 1.00 bits per heavy atom. The van der Waals surface area contributed by atoms with E-state index in [9.17, 15) is 19.2 Å². The Bertz CT molecular complexity index is 1060. The van der Waals surface area contributed by atoms with Crippen molar-refractivity contribution < 1.29 is 23.9 Å². The van der Waals surface area contributed by atoms with Crippen LogP contribution in [0.15, 0.2) is 60.7 Å². The number of carbonyl (C=O) groups excluding carboxylic acids is 4. The first-order valence-corrected chi connectivity index (χ1v) is 10.6. The molecule has 1 fully saturated rings. The smallest absolute Gasteiger partial charge is 0.307 e. The molecule has 2 aliphatic rings. The van der Waals surface area contributed by atoms with Gasteiger partial charge in [-0.05, 0) is 24.1 Å². The molecule has 3 amide bonds. The van der Waals surface area contributed by atoms with Crippen molar-refractivity contribution in [3.63, 3.8) is 0 Å². The lowest BCUT2D eigenvalue weighted by molar-refractivity contribution is -0.159. The number of esters is 1. The highest BCUT2D eigenvalue weighted by molar-refractivity contribution is 6.23. The number of nitrogens with zero attached hydrogens (tertiary/aromatic N) is 2. The lowest BCUT2D eigenvalue weighted by Gasteiger charge is -2.51. The van der Waals surface area contributed by atoms with E-state index in [2.05, 4.69) is 0 Å². The molecule has 0 aliphatic carbocycles. The number of hydrogen-bond donors (Lipinski definition) is 0. The largest absolute Gasteiger partial charge is 0.469 e. The summed E-state index contributed by atoms with van der Waals surface area (Å²) >= 11 is 0. The van der Waals surface area contributed by atoms with Gasteiger partial charge in [0.25, 0.3) is 11.8 Å². The number of imide groups is 1. The Morgan fingerprint density at radius 2 is 1.59 bits per heavy atom. The predicted octanol–water partition coefficient (Wildman–Crippen LogP) is 2.92. The first-order valence-electron chi connectivity index (χ1n) is 10.6. The summed E-state index contributed by atoms with van der Waals surface area (Å²) < 4.78 is 4.79. The van der Waals surface area contributed by atoms with Crippen LogP contribution in [0.4, 0.5) is 0 Å². The molecule has 2 aliphatic heterocycles. The molecule has 0 unspecified atom stereocenters. The Hall–Kier alpha value is -3.74. The second kappa shape index (κ2) is 8.78. The second-order valence-corrected chi connectivity index (χ2v) is 7.82. The Balaban J connectivity index is 1.68. The normalized spacial score (nSPS) is 21.0. The van der Waals surface area contributed by atoms with Gasteiger partial charge in [0.05, 0.1) is 30.7 Å². The number of carbonyl (C=O) groups is 4. The maximum atomic E-state index is 13.3. The van der Waals surface area contributed by atoms with Crippen LogP contribution >= 0.6 is 0 Å². The molecule has 7 nitrogen and oxygen atoms in total. The second-order valence-electron chi connectivity index (χ2n) is 7.82. The van der Waals surface area contributed by atoms with Gasteiger partial charge in [0, 0.05) is 6.04 Å². The first-order chi connectivity index (χ1) is 15.5. The molecule has 0 aromatic heterocycles. The Labute approximate surface area is 186 Å². The van der Waals surface area contributed by atoms with Crippen molar-refractivity contribution in [3.8, 4) is 0 Å². The fourth-order valence-electron chi connectivity index (χ4n) is 4.35. The zero-order chi connectivity index (χ0) is 22.8. The van der Waals surface area contributed by atoms with E-state index in [-0.39, 0.29) is 12.3 Å². The average Bonchev–Trinajstić information content (AvgIpc) is 3.06. The van der Waals surface area contributed by atoms with E-state index >= 15 is 0 Å². The van der Waals surface area contributed by atoms with Gasteiger partial charge in [-0.25, -0.2) is 0 Å². The first kappa shape index (κ1) is 21.5. The van der Waals surface area contributed by atoms with Crippen molar-refractivity contribution in [3.05, 3.63) is 77.4 Å². The predicted molar refractivity (Wildman–Crippen MR) is 118 cm³/mol. The highest BCUT2D eigenvalue weighted by Crippen LogP contribution is 2.36. The minimum atomic E-state index is -0.950. The minimum absolute atomic E-state index is 0.0449. The van der Waals surface area contributed by atoms with E-state index in [1.807, 2.05) is 49.4 Å². The molecule has 2 aromatic rings. The third-order valence-electron chi connectivity index (χ3n) is 6.04. The zero-order valence-electron chi connectivity index (χ0n) is 17.9. The third kappa shape index (κ3) is 3.60. The van der Waals surface area contributed by atoms with E-state index in [1.165, 1.54) is 7.11 Å². The molecule has 2 aromatic carbocycles. The summed E-state index contributed by atoms with van der Waals surface area (Å²) in [4.78, 5) is 53.9. The van der Waals surface area contributed by atoms with E-state index in [4.69, 9.17) is 4.74 Å². The highest BCUT2D eigenvalue weighted by Gasteiger charge is 2.56. The monoisotopic (exact) mass is 432 g/mol. The number of benzene rings is 2. The van der Waals surface area contributed by atoms with Gasteiger partial charge < -0.3 is 9.64 Å². The summed E-state index contributed by atoms with van der Waals surface area (Å²) in [5.41, 5.74) is 1.53. The number of methoxy groups -OCH3 is 1. The number of amides is 3. The standard InChI is InChI=1S/C25H24N2O5/c1-3-17(15-21(28)32-2)26-20(14-13-16-9-5-4-6-10-16)22(25(26)31)27-23(29)18-11-7-8-12-19(18)24(27)30/h4-14,17,20,22H,3,15H2,1-2H3/t17-,20+,22-/m1/s1. The van der Waals surface area contributed by atoms with Gasteiger partial charge in [0.1, 0.15) is 6.04 Å². The molecule has 0 radical (unpaired) electrons. The van der Waals surface area contributed by atoms with Crippen molar-refractivity contribution in [1.29, 1.82) is 0 Å². The van der Waals surface area contributed by atoms with Crippen LogP contribution in [0.5, 0.6) is 0 Å². The van der Waals surface area contributed by atoms with E-state index in [0.29, 0.717) is 17.5 Å². The SMILES string of the molecule is CC[C@H](CC(=O)OC)N1C(=O)[C@H](N2C(=O)c3ccccc3C2=O)[C@@H]1C=Cc1ccccc1. The zero-order valence-corrected chi connectivity index (χ0v) is 17.9. The molecule has 32 heavy (non-hydrogen) atoms. The maximum Gasteiger partial charge on any atom is 0.307 e. The number of β-lactam (4-membered cyclic amide) rings is 1. The van der Waals surface area contributed by atoms with Gasteiger partial charge in [-0.1, -0.05) is 61.5 Å². The number of hydrogen-bond acceptors (Lipinski definition) is 5. The van der Waals surface area contributed by atoms with E-state index in [0.717, 1.165) is 10.5 Å². The lowest BCUT2D eigenvalue weighted by Crippen LogP contribution is -2.73. The summed E-state index contributed by atoms with van der Waals surface area (Å²) in [6, 6.07) is 14.2. The molecule has 2 heterocycles. The van der Waals surface area contributed by atoms with Gasteiger partial charge in [-0.3, -0.25) is 24.1 Å². The van der Waals surface area contributed by atoms with Crippen LogP contribution in [0, 0.1) is 0 Å². The number of likely N-dealkylation sites (tertiary alicyclic amines) is 1. The quantitative estimate of drug-likeness (QED) is 0.382. The summed E-state index contributed by atoms with van der Waals surface area (Å²) in [5, 5.41) is 0. The van der Waals surface area contributed by atoms with Crippen LogP contribution in [0.1, 0.15) is 46.0 Å². The van der Waals surface area contributed by atoms with Gasteiger partial charge in [0.15, 0.2) is 0 Å². The van der Waals surface area contributed by atoms with Gasteiger partial charge in [0.2, 0.25) is 5.91 Å². The summed E-state index contributed by atoms with van der Waals surface area (Å²) in [6.07, 6.45) is 4.26. The minimum Gasteiger partial charge on any atom is -0.469 e. The highest BCUT2D eigenvalue weighted by atomic mass is 16.5. The van der Waals surface area contributed by atoms with Crippen LogP contribution in [0.2, 0.25) is 0 Å². The van der Waals surface area contributed by atoms with Crippen LogP contribution in [0.25, 0.3) is 6.08 Å². The topological polar surface area (TPSA) is 84.0 Å². The van der Waals surface area contributed by atoms with Crippen molar-refractivity contribution in [2.45, 2.75) is 37.9 Å². The summed E-state index contributed by atoms with van der Waals surface area (Å²) in [5.74, 6) is -1.71. The van der Waals surface area contributed by atoms with Crippen LogP contribution in [0.3, 0.4) is 0 Å². The van der Waals surface area contributed by atoms with Gasteiger partial charge in [-0.15, -0.1) is 0 Å². The van der Waals surface area contributed by atoms with Crippen molar-refractivity contribution >= 4 is 29.8 Å². The summed E-state index contributed by atoms with van der Waals surface area (Å²) in [7, 11) is 1.31. The van der Waals surface area contributed by atoms with E-state index < -0.39 is 35.9 Å². The molecule has 7 heteroatoms. The third-order valence-corrected chi connectivity index (χ3v) is 6.04. The molecule has 4 rings (SSSR count). The van der Waals surface area contributed by atoms with Crippen molar-refractivity contribution in [1.82, 2.24) is 9.80 Å². The molecular weight excluding hydrogens is 408 g/mol. The van der Waals surface area contributed by atoms with Crippen molar-refractivity contribution in [2.75, 3.05) is 7.11 Å². The average molecular weight is 432 g/mol. The van der Waals surface area contributed by atoms with E-state index in [1.54, 1.807) is 29.2 Å². The maximum absolute atomic E-state index is 13.3. The van der Waals surface area contributed by atoms with Crippen LogP contribution in [-0.4, -0.2) is 58.7 Å². The number of fused-ring (bicyclic) bond motifs is 1. The lowest BCUT2D eigenvalue weighted by atomic mass is 9.88. The van der Waals surface area contributed by atoms with Crippen LogP contribution in [-0.2, 0) is 14.3 Å². The Morgan fingerprint density at radius 3 is 2.16 bits per heavy atom. The molecule has 0 bridgehead atoms. The number of rotatable bonds is 7. The molecule has 164 valence electrons. The summed E-state index contributed by atoms with van der Waals surface area (Å²) in [6.45, 7) is 1.88. The fourth-order valence-corrected chi connectivity index (χ4v) is 4.35. The van der Waals surface area contributed by atoms with Crippen LogP contribution < -0.4 is 0 Å². The van der Waals surface area contributed by atoms with Gasteiger partial charge in [-0.2, -0.15) is 0 Å². The molecule has 1 saturated heterocycles. The molecule has 0 N–H and O–H groups in total. The molecule has 3 atom stereocenters. The number of ether oxygens (including phenoxy) is 1. The van der Waals surface area contributed by atoms with Crippen molar-refractivity contribution in [2.24, 2.45) is 0 Å². The molecule has 0 saturated carbocycles. The Kier molecular flexibility index (Phi) is 5.90. The molecular formula is C25H24N2O5.